The molecular weight excluding hydrogens is 361 g/mol. The lowest BCUT2D eigenvalue weighted by atomic mass is 9.97. The number of aromatic nitrogens is 2. The summed E-state index contributed by atoms with van der Waals surface area (Å²) in [7, 11) is 0. The highest BCUT2D eigenvalue weighted by atomic mass is 19.4. The molecule has 0 unspecified atom stereocenters. The second kappa shape index (κ2) is 7.50. The Morgan fingerprint density at radius 1 is 1.26 bits per heavy atom. The summed E-state index contributed by atoms with van der Waals surface area (Å²) in [5, 5.41) is 10.8. The number of anilines is 1. The van der Waals surface area contributed by atoms with Gasteiger partial charge < -0.3 is 4.90 Å². The van der Waals surface area contributed by atoms with Crippen LogP contribution >= 0.6 is 0 Å². The van der Waals surface area contributed by atoms with Crippen LogP contribution in [0.1, 0.15) is 25.5 Å². The van der Waals surface area contributed by atoms with Crippen LogP contribution in [0.25, 0.3) is 11.4 Å². The molecule has 27 heavy (non-hydrogen) atoms. The number of rotatable bonds is 4. The van der Waals surface area contributed by atoms with E-state index in [4.69, 9.17) is 0 Å². The van der Waals surface area contributed by atoms with Crippen molar-refractivity contribution in [3.63, 3.8) is 0 Å². The van der Waals surface area contributed by atoms with Crippen molar-refractivity contribution in [3.05, 3.63) is 46.1 Å². The van der Waals surface area contributed by atoms with E-state index >= 15 is 0 Å². The Kier molecular flexibility index (Phi) is 5.29. The third-order valence-electron chi connectivity index (χ3n) is 4.67. The lowest BCUT2D eigenvalue weighted by molar-refractivity contribution is -0.384. The van der Waals surface area contributed by atoms with Crippen LogP contribution in [0.2, 0.25) is 0 Å². The first-order valence-electron chi connectivity index (χ1n) is 8.72. The maximum Gasteiger partial charge on any atom is 0.393 e. The lowest BCUT2D eigenvalue weighted by Gasteiger charge is -2.34. The summed E-state index contributed by atoms with van der Waals surface area (Å²) < 4.78 is 39.3. The fraction of sp³-hybridized carbons (Fsp3) is 0.444. The third-order valence-corrected chi connectivity index (χ3v) is 4.67. The molecule has 2 heterocycles. The number of nitrogens with zero attached hydrogens (tertiary/aromatic N) is 4. The summed E-state index contributed by atoms with van der Waals surface area (Å²) in [5.41, 5.74) is 1.25. The van der Waals surface area contributed by atoms with Gasteiger partial charge in [0, 0.05) is 42.5 Å². The zero-order chi connectivity index (χ0) is 19.6. The van der Waals surface area contributed by atoms with Crippen molar-refractivity contribution < 1.29 is 18.1 Å². The number of benzene rings is 1. The number of halogens is 3. The van der Waals surface area contributed by atoms with Gasteiger partial charge in [0.2, 0.25) is 0 Å². The molecule has 1 aromatic carbocycles. The Balaban J connectivity index is 1.92. The monoisotopic (exact) mass is 380 g/mol. The largest absolute Gasteiger partial charge is 0.393 e. The Bertz CT molecular complexity index is 824. The smallest absolute Gasteiger partial charge is 0.356 e. The van der Waals surface area contributed by atoms with Crippen LogP contribution in [0.4, 0.5) is 24.7 Å². The van der Waals surface area contributed by atoms with Crippen molar-refractivity contribution >= 4 is 11.5 Å². The third kappa shape index (κ3) is 4.35. The van der Waals surface area contributed by atoms with E-state index < -0.39 is 17.0 Å². The molecule has 0 radical (unpaired) electrons. The molecule has 0 saturated carbocycles. The van der Waals surface area contributed by atoms with Gasteiger partial charge in [-0.15, -0.1) is 0 Å². The minimum absolute atomic E-state index is 0.0466. The molecule has 3 rings (SSSR count). The van der Waals surface area contributed by atoms with Gasteiger partial charge in [0.15, 0.2) is 5.82 Å². The number of hydrogen-bond donors (Lipinski definition) is 0. The maximum atomic E-state index is 13.1. The Hall–Kier alpha value is -2.71. The average Bonchev–Trinajstić information content (AvgIpc) is 2.67. The summed E-state index contributed by atoms with van der Waals surface area (Å²) in [4.78, 5) is 20.8. The first kappa shape index (κ1) is 19.1. The number of alkyl halides is 3. The van der Waals surface area contributed by atoms with Crippen molar-refractivity contribution in [2.75, 3.05) is 18.0 Å². The molecule has 9 heteroatoms. The SMILES string of the molecule is CCc1cc(N2CCC[C@H](C(F)(F)F)C2)nc(-c2ccc([N+](=O)[O-])cc2)n1. The Labute approximate surface area is 154 Å². The molecule has 0 aliphatic carbocycles. The average molecular weight is 380 g/mol. The topological polar surface area (TPSA) is 72.2 Å². The van der Waals surface area contributed by atoms with Gasteiger partial charge in [-0.25, -0.2) is 9.97 Å². The van der Waals surface area contributed by atoms with E-state index in [1.54, 1.807) is 23.1 Å². The van der Waals surface area contributed by atoms with Gasteiger partial charge in [0.1, 0.15) is 5.82 Å². The van der Waals surface area contributed by atoms with Crippen LogP contribution in [-0.2, 0) is 6.42 Å². The van der Waals surface area contributed by atoms with Gasteiger partial charge in [0.25, 0.3) is 5.69 Å². The Morgan fingerprint density at radius 2 is 1.96 bits per heavy atom. The molecular formula is C18H19F3N4O2. The van der Waals surface area contributed by atoms with Crippen LogP contribution in [0, 0.1) is 16.0 Å². The molecule has 1 aliphatic heterocycles. The fourth-order valence-corrected chi connectivity index (χ4v) is 3.14. The molecule has 2 aromatic rings. The summed E-state index contributed by atoms with van der Waals surface area (Å²) in [6.07, 6.45) is -3.05. The van der Waals surface area contributed by atoms with Crippen molar-refractivity contribution in [1.82, 2.24) is 9.97 Å². The van der Waals surface area contributed by atoms with E-state index in [0.717, 1.165) is 0 Å². The van der Waals surface area contributed by atoms with Gasteiger partial charge in [-0.1, -0.05) is 6.92 Å². The van der Waals surface area contributed by atoms with E-state index in [9.17, 15) is 23.3 Å². The first-order chi connectivity index (χ1) is 12.8. The molecule has 144 valence electrons. The van der Waals surface area contributed by atoms with E-state index in [1.807, 2.05) is 6.92 Å². The Morgan fingerprint density at radius 3 is 2.56 bits per heavy atom. The molecule has 1 fully saturated rings. The highest BCUT2D eigenvalue weighted by molar-refractivity contribution is 5.60. The predicted molar refractivity (Wildman–Crippen MR) is 94.5 cm³/mol. The van der Waals surface area contributed by atoms with Crippen LogP contribution in [0.5, 0.6) is 0 Å². The van der Waals surface area contributed by atoms with Gasteiger partial charge in [-0.3, -0.25) is 10.1 Å². The minimum atomic E-state index is -4.22. The number of nitro benzene ring substituents is 1. The van der Waals surface area contributed by atoms with E-state index in [2.05, 4.69) is 9.97 Å². The van der Waals surface area contributed by atoms with Crippen molar-refractivity contribution in [1.29, 1.82) is 0 Å². The summed E-state index contributed by atoms with van der Waals surface area (Å²) in [5.74, 6) is -0.549. The van der Waals surface area contributed by atoms with Crippen molar-refractivity contribution in [2.24, 2.45) is 5.92 Å². The maximum absolute atomic E-state index is 13.1. The number of aryl methyl sites for hydroxylation is 1. The standard InChI is InChI=1S/C18H19F3N4O2/c1-2-14-10-16(24-9-3-4-13(11-24)18(19,20)21)23-17(22-14)12-5-7-15(8-6-12)25(26)27/h5-8,10,13H,2-4,9,11H2,1H3/t13-/m0/s1. The number of nitro groups is 1. The van der Waals surface area contributed by atoms with Crippen LogP contribution in [-0.4, -0.2) is 34.2 Å². The number of hydrogen-bond acceptors (Lipinski definition) is 5. The van der Waals surface area contributed by atoms with Gasteiger partial charge in [-0.2, -0.15) is 13.2 Å². The zero-order valence-electron chi connectivity index (χ0n) is 14.7. The van der Waals surface area contributed by atoms with Gasteiger partial charge >= 0.3 is 6.18 Å². The summed E-state index contributed by atoms with van der Waals surface area (Å²) in [6, 6.07) is 7.53. The number of non-ortho nitro benzene ring substituents is 1. The second-order valence-corrected chi connectivity index (χ2v) is 6.53. The predicted octanol–water partition coefficient (Wildman–Crippen LogP) is 4.39. The highest BCUT2D eigenvalue weighted by Crippen LogP contribution is 2.35. The normalized spacial score (nSPS) is 17.8. The van der Waals surface area contributed by atoms with Crippen molar-refractivity contribution in [2.45, 2.75) is 32.4 Å². The van der Waals surface area contributed by atoms with Crippen molar-refractivity contribution in [3.8, 4) is 11.4 Å². The van der Waals surface area contributed by atoms with Gasteiger partial charge in [0.05, 0.1) is 10.8 Å². The van der Waals surface area contributed by atoms with E-state index in [0.29, 0.717) is 42.3 Å². The molecule has 6 nitrogen and oxygen atoms in total. The molecule has 1 atom stereocenters. The number of piperidine rings is 1. The van der Waals surface area contributed by atoms with Gasteiger partial charge in [-0.05, 0) is 31.4 Å². The molecule has 0 amide bonds. The van der Waals surface area contributed by atoms with E-state index in [-0.39, 0.29) is 18.7 Å². The quantitative estimate of drug-likeness (QED) is 0.581. The summed E-state index contributed by atoms with van der Waals surface area (Å²) >= 11 is 0. The molecule has 1 aromatic heterocycles. The molecule has 0 N–H and O–H groups in total. The fourth-order valence-electron chi connectivity index (χ4n) is 3.14. The van der Waals surface area contributed by atoms with Crippen LogP contribution in [0.3, 0.4) is 0 Å². The highest BCUT2D eigenvalue weighted by Gasteiger charge is 2.42. The molecule has 0 bridgehead atoms. The second-order valence-electron chi connectivity index (χ2n) is 6.53. The first-order valence-corrected chi connectivity index (χ1v) is 8.72. The summed E-state index contributed by atoms with van der Waals surface area (Å²) in [6.45, 7) is 2.29. The molecule has 0 spiro atoms. The van der Waals surface area contributed by atoms with E-state index in [1.165, 1.54) is 12.1 Å². The molecule has 1 saturated heterocycles. The van der Waals surface area contributed by atoms with Crippen LogP contribution in [0.15, 0.2) is 30.3 Å². The minimum Gasteiger partial charge on any atom is -0.356 e. The lowest BCUT2D eigenvalue weighted by Crippen LogP contribution is -2.42. The molecule has 1 aliphatic rings. The zero-order valence-corrected chi connectivity index (χ0v) is 14.7. The van der Waals surface area contributed by atoms with Crippen LogP contribution < -0.4 is 4.90 Å².